The lowest BCUT2D eigenvalue weighted by molar-refractivity contribution is 0.107. The Morgan fingerprint density at radius 3 is 2.89 bits per heavy atom. The SMILES string of the molecule is C#Cc1c(F)ccc2cc(O)cc(-c3cc4c5c(nc(OC[C@@]67CCCN6C[C@H](F)C7)nc5c3F)N3C[C@H]5CC[C@H](N5)[C@H]3CO4)c12. The third-order valence-electron chi connectivity index (χ3n) is 10.8. The Kier molecular flexibility index (Phi) is 6.15. The number of terminal acetylenes is 1. The Labute approximate surface area is 263 Å². The largest absolute Gasteiger partial charge is 0.508 e. The maximum Gasteiger partial charge on any atom is 0.319 e. The molecule has 46 heavy (non-hydrogen) atoms. The van der Waals surface area contributed by atoms with Gasteiger partial charge in [-0.1, -0.05) is 12.0 Å². The van der Waals surface area contributed by atoms with Crippen LogP contribution in [0.2, 0.25) is 0 Å². The van der Waals surface area contributed by atoms with Crippen LogP contribution < -0.4 is 19.7 Å². The zero-order chi connectivity index (χ0) is 31.3. The smallest absolute Gasteiger partial charge is 0.319 e. The number of anilines is 1. The molecule has 4 fully saturated rings. The molecule has 5 atom stereocenters. The average Bonchev–Trinajstić information content (AvgIpc) is 3.68. The van der Waals surface area contributed by atoms with E-state index in [1.165, 1.54) is 24.3 Å². The van der Waals surface area contributed by atoms with Gasteiger partial charge in [-0.15, -0.1) is 6.42 Å². The van der Waals surface area contributed by atoms with Gasteiger partial charge < -0.3 is 24.8 Å². The molecule has 11 heteroatoms. The third-order valence-corrected chi connectivity index (χ3v) is 10.8. The van der Waals surface area contributed by atoms with Gasteiger partial charge in [-0.3, -0.25) is 4.90 Å². The summed E-state index contributed by atoms with van der Waals surface area (Å²) in [5, 5.41) is 15.5. The van der Waals surface area contributed by atoms with E-state index in [4.69, 9.17) is 20.9 Å². The fourth-order valence-corrected chi connectivity index (χ4v) is 8.73. The van der Waals surface area contributed by atoms with Crippen LogP contribution >= 0.6 is 0 Å². The fraction of sp³-hybridized carbons (Fsp3) is 0.429. The topological polar surface area (TPSA) is 83.0 Å². The first-order chi connectivity index (χ1) is 22.3. The molecule has 0 aliphatic carbocycles. The van der Waals surface area contributed by atoms with Crippen LogP contribution in [0.4, 0.5) is 19.0 Å². The molecule has 0 radical (unpaired) electrons. The molecule has 1 aromatic heterocycles. The van der Waals surface area contributed by atoms with Gasteiger partial charge in [-0.05, 0) is 67.4 Å². The summed E-state index contributed by atoms with van der Waals surface area (Å²) < 4.78 is 59.3. The van der Waals surface area contributed by atoms with E-state index < -0.39 is 23.3 Å². The molecule has 236 valence electrons. The lowest BCUT2D eigenvalue weighted by Crippen LogP contribution is -2.60. The Balaban J connectivity index is 1.25. The van der Waals surface area contributed by atoms with Crippen molar-refractivity contribution in [1.82, 2.24) is 20.2 Å². The number of hydrogen-bond donors (Lipinski definition) is 2. The maximum absolute atomic E-state index is 17.1. The molecular weight excluding hydrogens is 595 g/mol. The molecule has 0 saturated carbocycles. The van der Waals surface area contributed by atoms with Gasteiger partial charge in [0.1, 0.15) is 48.0 Å². The number of alkyl halides is 1. The zero-order valence-corrected chi connectivity index (χ0v) is 25.0. The monoisotopic (exact) mass is 627 g/mol. The van der Waals surface area contributed by atoms with E-state index in [-0.39, 0.29) is 58.7 Å². The molecule has 9 rings (SSSR count). The van der Waals surface area contributed by atoms with Gasteiger partial charge in [0.2, 0.25) is 0 Å². The van der Waals surface area contributed by atoms with Crippen molar-refractivity contribution in [1.29, 1.82) is 0 Å². The number of benzene rings is 3. The van der Waals surface area contributed by atoms with Crippen LogP contribution in [0.3, 0.4) is 0 Å². The van der Waals surface area contributed by atoms with Gasteiger partial charge in [0.25, 0.3) is 0 Å². The number of halogens is 3. The summed E-state index contributed by atoms with van der Waals surface area (Å²) in [6.07, 6.45) is 8.98. The quantitative estimate of drug-likeness (QED) is 0.304. The molecule has 2 bridgehead atoms. The molecule has 6 heterocycles. The summed E-state index contributed by atoms with van der Waals surface area (Å²) >= 11 is 0. The van der Waals surface area contributed by atoms with Gasteiger partial charge in [0.05, 0.1) is 22.5 Å². The number of piperazine rings is 1. The van der Waals surface area contributed by atoms with E-state index in [1.807, 2.05) is 0 Å². The van der Waals surface area contributed by atoms with Crippen LogP contribution in [0.25, 0.3) is 32.8 Å². The number of phenols is 1. The van der Waals surface area contributed by atoms with Crippen molar-refractivity contribution in [3.63, 3.8) is 0 Å². The normalized spacial score (nSPS) is 28.2. The van der Waals surface area contributed by atoms with E-state index in [1.54, 1.807) is 6.07 Å². The highest BCUT2D eigenvalue weighted by Gasteiger charge is 2.50. The first-order valence-electron chi connectivity index (χ1n) is 16.0. The average molecular weight is 628 g/mol. The fourth-order valence-electron chi connectivity index (χ4n) is 8.73. The summed E-state index contributed by atoms with van der Waals surface area (Å²) in [4.78, 5) is 13.9. The number of nitrogens with one attached hydrogen (secondary N) is 1. The van der Waals surface area contributed by atoms with Crippen molar-refractivity contribution in [3.8, 4) is 41.0 Å². The number of nitrogens with zero attached hydrogens (tertiary/aromatic N) is 4. The lowest BCUT2D eigenvalue weighted by Gasteiger charge is -2.40. The molecule has 0 unspecified atom stereocenters. The van der Waals surface area contributed by atoms with E-state index in [0.717, 1.165) is 32.2 Å². The first-order valence-corrected chi connectivity index (χ1v) is 16.0. The maximum atomic E-state index is 17.1. The highest BCUT2D eigenvalue weighted by molar-refractivity contribution is 6.06. The summed E-state index contributed by atoms with van der Waals surface area (Å²) in [5.41, 5.74) is -0.212. The number of aromatic nitrogens is 2. The van der Waals surface area contributed by atoms with Gasteiger partial charge >= 0.3 is 6.01 Å². The highest BCUT2D eigenvalue weighted by atomic mass is 19.1. The number of rotatable bonds is 4. The molecule has 5 aliphatic heterocycles. The molecule has 0 spiro atoms. The van der Waals surface area contributed by atoms with Crippen LogP contribution in [-0.2, 0) is 0 Å². The molecule has 8 nitrogen and oxygen atoms in total. The van der Waals surface area contributed by atoms with Crippen molar-refractivity contribution in [2.45, 2.75) is 61.9 Å². The molecule has 4 aromatic rings. The first kappa shape index (κ1) is 28.0. The van der Waals surface area contributed by atoms with Gasteiger partial charge in [0, 0.05) is 42.5 Å². The number of aromatic hydroxyl groups is 1. The molecule has 5 aliphatic rings. The predicted octanol–water partition coefficient (Wildman–Crippen LogP) is 5.07. The Bertz CT molecular complexity index is 1980. The number of ether oxygens (including phenoxy) is 2. The van der Waals surface area contributed by atoms with E-state index in [0.29, 0.717) is 53.8 Å². The summed E-state index contributed by atoms with van der Waals surface area (Å²) in [5.74, 6) is 1.87. The van der Waals surface area contributed by atoms with Crippen molar-refractivity contribution in [2.24, 2.45) is 0 Å². The van der Waals surface area contributed by atoms with E-state index >= 15 is 4.39 Å². The molecule has 3 aromatic carbocycles. The van der Waals surface area contributed by atoms with Crippen LogP contribution in [0.1, 0.15) is 37.7 Å². The van der Waals surface area contributed by atoms with Crippen molar-refractivity contribution in [2.75, 3.05) is 37.7 Å². The summed E-state index contributed by atoms with van der Waals surface area (Å²) in [6.45, 7) is 2.40. The summed E-state index contributed by atoms with van der Waals surface area (Å²) in [6, 6.07) is 7.55. The zero-order valence-electron chi connectivity index (χ0n) is 25.0. The minimum absolute atomic E-state index is 0.00949. The standard InChI is InChI=1S/C35H32F3N5O3/c1-2-22-25(37)6-4-18-10-21(44)11-23(29(18)22)24-12-28-30-32(31(24)38)40-34(46-17-35-8-3-9-42(35)14-19(36)13-35)41-33(30)43-15-20-5-7-26(39-20)27(43)16-45-28/h1,4,6,10-12,19-20,26-27,39,44H,3,5,7-9,13-17H2/t19-,20-,26+,27-,35+/m1/s1. The second-order valence-corrected chi connectivity index (χ2v) is 13.4. The van der Waals surface area contributed by atoms with Crippen molar-refractivity contribution < 1.29 is 27.8 Å². The second-order valence-electron chi connectivity index (χ2n) is 13.4. The minimum atomic E-state index is -0.919. The van der Waals surface area contributed by atoms with Crippen molar-refractivity contribution >= 4 is 27.5 Å². The number of phenolic OH excluding ortho intramolecular Hbond substituents is 1. The lowest BCUT2D eigenvalue weighted by atomic mass is 9.92. The third kappa shape index (κ3) is 4.09. The van der Waals surface area contributed by atoms with Crippen LogP contribution in [-0.4, -0.2) is 82.7 Å². The molecule has 4 saturated heterocycles. The molecular formula is C35H32F3N5O3. The number of fused-ring (bicyclic) bond motifs is 7. The van der Waals surface area contributed by atoms with E-state index in [9.17, 15) is 13.9 Å². The van der Waals surface area contributed by atoms with Gasteiger partial charge in [-0.25, -0.2) is 13.2 Å². The van der Waals surface area contributed by atoms with E-state index in [2.05, 4.69) is 26.0 Å². The summed E-state index contributed by atoms with van der Waals surface area (Å²) in [7, 11) is 0. The Hall–Kier alpha value is -4.27. The molecule has 2 N–H and O–H groups in total. The van der Waals surface area contributed by atoms with Crippen molar-refractivity contribution in [3.05, 3.63) is 47.5 Å². The molecule has 0 amide bonds. The number of hydrogen-bond acceptors (Lipinski definition) is 8. The second kappa shape index (κ2) is 10.1. The van der Waals surface area contributed by atoms with Gasteiger partial charge in [0.15, 0.2) is 5.82 Å². The Morgan fingerprint density at radius 2 is 2.02 bits per heavy atom. The Morgan fingerprint density at radius 1 is 1.13 bits per heavy atom. The van der Waals surface area contributed by atoms with Crippen LogP contribution in [0, 0.1) is 24.0 Å². The van der Waals surface area contributed by atoms with Crippen LogP contribution in [0.5, 0.6) is 17.5 Å². The minimum Gasteiger partial charge on any atom is -0.508 e. The highest BCUT2D eigenvalue weighted by Crippen LogP contribution is 2.47. The van der Waals surface area contributed by atoms with Gasteiger partial charge in [-0.2, -0.15) is 9.97 Å². The van der Waals surface area contributed by atoms with Crippen LogP contribution in [0.15, 0.2) is 30.3 Å². The predicted molar refractivity (Wildman–Crippen MR) is 167 cm³/mol.